The van der Waals surface area contributed by atoms with E-state index < -0.39 is 6.17 Å². The van der Waals surface area contributed by atoms with Crippen LogP contribution in [-0.4, -0.2) is 18.8 Å². The van der Waals surface area contributed by atoms with Crippen molar-refractivity contribution in [3.8, 4) is 0 Å². The molecule has 0 aliphatic rings. The summed E-state index contributed by atoms with van der Waals surface area (Å²) in [5, 5.41) is 3.34. The summed E-state index contributed by atoms with van der Waals surface area (Å²) in [6.07, 6.45) is -0.919. The topological polar surface area (TPSA) is 12.0 Å². The lowest BCUT2D eigenvalue weighted by atomic mass is 10.1. The van der Waals surface area contributed by atoms with Crippen LogP contribution in [-0.2, 0) is 0 Å². The monoisotopic (exact) mass is 227 g/mol. The van der Waals surface area contributed by atoms with Crippen molar-refractivity contribution in [1.82, 2.24) is 5.32 Å². The van der Waals surface area contributed by atoms with E-state index in [-0.39, 0.29) is 0 Å². The summed E-state index contributed by atoms with van der Waals surface area (Å²) in [4.78, 5) is 1.05. The minimum atomic E-state index is -0.919. The van der Waals surface area contributed by atoms with Gasteiger partial charge in [0.25, 0.3) is 0 Å². The maximum Gasteiger partial charge on any atom is 0.139 e. The van der Waals surface area contributed by atoms with Gasteiger partial charge in [-0.2, -0.15) is 0 Å². The molecule has 0 saturated carbocycles. The first-order chi connectivity index (χ1) is 7.15. The summed E-state index contributed by atoms with van der Waals surface area (Å²) in [5.74, 6) is 0. The molecule has 0 heterocycles. The van der Waals surface area contributed by atoms with E-state index in [0.29, 0.717) is 11.8 Å². The molecule has 3 heteroatoms. The van der Waals surface area contributed by atoms with Gasteiger partial charge in [0.1, 0.15) is 6.17 Å². The first-order valence-corrected chi connectivity index (χ1v) is 6.07. The normalized spacial score (nSPS) is 13.1. The molecule has 0 amide bonds. The molecule has 15 heavy (non-hydrogen) atoms. The average molecular weight is 227 g/mol. The van der Waals surface area contributed by atoms with Crippen molar-refractivity contribution < 1.29 is 4.39 Å². The van der Waals surface area contributed by atoms with Crippen LogP contribution in [0.15, 0.2) is 29.2 Å². The van der Waals surface area contributed by atoms with E-state index in [2.05, 4.69) is 19.2 Å². The molecule has 0 spiro atoms. The Hall–Kier alpha value is -0.540. The van der Waals surface area contributed by atoms with Crippen LogP contribution in [0.3, 0.4) is 0 Å². The zero-order valence-corrected chi connectivity index (χ0v) is 10.3. The number of hydrogen-bond donors (Lipinski definition) is 1. The SMILES string of the molecule is CNCC(F)c1ccccc1SC(C)C. The summed E-state index contributed by atoms with van der Waals surface area (Å²) >= 11 is 1.71. The molecule has 1 aromatic rings. The van der Waals surface area contributed by atoms with Crippen molar-refractivity contribution in [2.75, 3.05) is 13.6 Å². The molecule has 0 bridgehead atoms. The fraction of sp³-hybridized carbons (Fsp3) is 0.500. The maximum absolute atomic E-state index is 13.8. The lowest BCUT2D eigenvalue weighted by molar-refractivity contribution is 0.331. The second-order valence-corrected chi connectivity index (χ2v) is 5.35. The van der Waals surface area contributed by atoms with Crippen LogP contribution in [0.4, 0.5) is 4.39 Å². The first-order valence-electron chi connectivity index (χ1n) is 5.19. The summed E-state index contributed by atoms with van der Waals surface area (Å²) < 4.78 is 13.8. The van der Waals surface area contributed by atoms with Crippen LogP contribution in [0.1, 0.15) is 25.6 Å². The largest absolute Gasteiger partial charge is 0.317 e. The van der Waals surface area contributed by atoms with E-state index in [1.807, 2.05) is 24.3 Å². The van der Waals surface area contributed by atoms with Gasteiger partial charge in [0.15, 0.2) is 0 Å². The standard InChI is InChI=1S/C12H18FNS/c1-9(2)15-12-7-5-4-6-10(12)11(13)8-14-3/h4-7,9,11,14H,8H2,1-3H3. The Labute approximate surface area is 95.5 Å². The van der Waals surface area contributed by atoms with Gasteiger partial charge in [-0.3, -0.25) is 0 Å². The number of nitrogens with one attached hydrogen (secondary N) is 1. The molecule has 1 unspecified atom stereocenters. The maximum atomic E-state index is 13.8. The van der Waals surface area contributed by atoms with Gasteiger partial charge in [0, 0.05) is 22.3 Å². The highest BCUT2D eigenvalue weighted by atomic mass is 32.2. The van der Waals surface area contributed by atoms with Gasteiger partial charge in [-0.25, -0.2) is 4.39 Å². The summed E-state index contributed by atoms with van der Waals surface area (Å²) in [6, 6.07) is 7.71. The highest BCUT2D eigenvalue weighted by Gasteiger charge is 2.13. The van der Waals surface area contributed by atoms with Crippen LogP contribution in [0.5, 0.6) is 0 Å². The van der Waals surface area contributed by atoms with Crippen molar-refractivity contribution in [1.29, 1.82) is 0 Å². The molecule has 1 N–H and O–H groups in total. The van der Waals surface area contributed by atoms with Crippen LogP contribution in [0.25, 0.3) is 0 Å². The second kappa shape index (κ2) is 6.13. The first kappa shape index (κ1) is 12.5. The Morgan fingerprint density at radius 1 is 1.33 bits per heavy atom. The molecule has 84 valence electrons. The number of hydrogen-bond acceptors (Lipinski definition) is 2. The zero-order chi connectivity index (χ0) is 11.3. The Morgan fingerprint density at radius 2 is 2.00 bits per heavy atom. The van der Waals surface area contributed by atoms with Crippen LogP contribution >= 0.6 is 11.8 Å². The fourth-order valence-corrected chi connectivity index (χ4v) is 2.39. The number of alkyl halides is 1. The van der Waals surface area contributed by atoms with Gasteiger partial charge < -0.3 is 5.32 Å². The average Bonchev–Trinajstić information content (AvgIpc) is 2.18. The third-order valence-corrected chi connectivity index (χ3v) is 3.10. The number of halogens is 1. The van der Waals surface area contributed by atoms with Crippen molar-refractivity contribution in [2.24, 2.45) is 0 Å². The van der Waals surface area contributed by atoms with Gasteiger partial charge in [0.2, 0.25) is 0 Å². The number of benzene rings is 1. The lowest BCUT2D eigenvalue weighted by Crippen LogP contribution is -2.14. The third-order valence-electron chi connectivity index (χ3n) is 2.00. The number of rotatable bonds is 5. The highest BCUT2D eigenvalue weighted by Crippen LogP contribution is 2.31. The van der Waals surface area contributed by atoms with Crippen LogP contribution in [0.2, 0.25) is 0 Å². The number of thioether (sulfide) groups is 1. The van der Waals surface area contributed by atoms with Crippen LogP contribution < -0.4 is 5.32 Å². The Morgan fingerprint density at radius 3 is 2.60 bits per heavy atom. The van der Waals surface area contributed by atoms with Crippen molar-refractivity contribution >= 4 is 11.8 Å². The van der Waals surface area contributed by atoms with E-state index >= 15 is 0 Å². The van der Waals surface area contributed by atoms with Gasteiger partial charge >= 0.3 is 0 Å². The predicted molar refractivity (Wildman–Crippen MR) is 65.2 cm³/mol. The van der Waals surface area contributed by atoms with E-state index in [0.717, 1.165) is 10.5 Å². The van der Waals surface area contributed by atoms with E-state index in [1.54, 1.807) is 18.8 Å². The molecule has 0 aromatic heterocycles. The molecule has 0 aliphatic heterocycles. The molecule has 0 fully saturated rings. The second-order valence-electron chi connectivity index (χ2n) is 3.73. The predicted octanol–water partition coefficient (Wildman–Crippen LogP) is 3.42. The Kier molecular flexibility index (Phi) is 5.12. The Bertz CT molecular complexity index is 301. The summed E-state index contributed by atoms with van der Waals surface area (Å²) in [7, 11) is 1.77. The van der Waals surface area contributed by atoms with E-state index in [1.165, 1.54) is 0 Å². The van der Waals surface area contributed by atoms with Crippen LogP contribution in [0, 0.1) is 0 Å². The smallest absolute Gasteiger partial charge is 0.139 e. The molecule has 0 saturated heterocycles. The van der Waals surface area contributed by atoms with E-state index in [9.17, 15) is 4.39 Å². The van der Waals surface area contributed by atoms with Crippen molar-refractivity contribution in [2.45, 2.75) is 30.2 Å². The zero-order valence-electron chi connectivity index (χ0n) is 9.46. The quantitative estimate of drug-likeness (QED) is 0.774. The molecule has 1 atom stereocenters. The summed E-state index contributed by atoms with van der Waals surface area (Å²) in [6.45, 7) is 4.61. The lowest BCUT2D eigenvalue weighted by Gasteiger charge is -2.14. The van der Waals surface area contributed by atoms with Gasteiger partial charge in [-0.05, 0) is 13.1 Å². The van der Waals surface area contributed by atoms with Crippen molar-refractivity contribution in [3.05, 3.63) is 29.8 Å². The molecular weight excluding hydrogens is 209 g/mol. The highest BCUT2D eigenvalue weighted by molar-refractivity contribution is 8.00. The molecule has 1 nitrogen and oxygen atoms in total. The molecule has 1 aromatic carbocycles. The Balaban J connectivity index is 2.85. The molecule has 1 rings (SSSR count). The summed E-state index contributed by atoms with van der Waals surface area (Å²) in [5.41, 5.74) is 0.797. The molecule has 0 radical (unpaired) electrons. The minimum absolute atomic E-state index is 0.371. The third kappa shape index (κ3) is 3.84. The fourth-order valence-electron chi connectivity index (χ4n) is 1.39. The number of likely N-dealkylation sites (N-methyl/N-ethyl adjacent to an activating group) is 1. The van der Waals surface area contributed by atoms with E-state index in [4.69, 9.17) is 0 Å². The van der Waals surface area contributed by atoms with Gasteiger partial charge in [-0.1, -0.05) is 32.0 Å². The van der Waals surface area contributed by atoms with Crippen molar-refractivity contribution in [3.63, 3.8) is 0 Å². The van der Waals surface area contributed by atoms with Gasteiger partial charge in [-0.15, -0.1) is 11.8 Å². The molecular formula is C12H18FNS. The van der Waals surface area contributed by atoms with Gasteiger partial charge in [0.05, 0.1) is 0 Å². The minimum Gasteiger partial charge on any atom is -0.317 e. The molecule has 0 aliphatic carbocycles.